The van der Waals surface area contributed by atoms with E-state index < -0.39 is 0 Å². The highest BCUT2D eigenvalue weighted by Gasteiger charge is 2.12. The maximum atomic E-state index is 12.3. The highest BCUT2D eigenvalue weighted by molar-refractivity contribution is 7.18. The van der Waals surface area contributed by atoms with Gasteiger partial charge in [-0.1, -0.05) is 11.6 Å². The van der Waals surface area contributed by atoms with E-state index in [1.807, 2.05) is 25.1 Å². The van der Waals surface area contributed by atoms with Crippen LogP contribution in [-0.4, -0.2) is 31.7 Å². The molecule has 0 saturated heterocycles. The molecule has 136 valence electrons. The monoisotopic (exact) mass is 391 g/mol. The molecule has 2 N–H and O–H groups in total. The van der Waals surface area contributed by atoms with Gasteiger partial charge < -0.3 is 20.1 Å². The Bertz CT molecular complexity index is 958. The predicted octanol–water partition coefficient (Wildman–Crippen LogP) is 4.33. The van der Waals surface area contributed by atoms with Crippen LogP contribution in [-0.2, 0) is 4.79 Å². The first-order valence-corrected chi connectivity index (χ1v) is 9.02. The van der Waals surface area contributed by atoms with E-state index in [-0.39, 0.29) is 12.5 Å². The molecule has 0 unspecified atom stereocenters. The van der Waals surface area contributed by atoms with E-state index in [0.29, 0.717) is 22.2 Å². The van der Waals surface area contributed by atoms with Gasteiger partial charge in [-0.2, -0.15) is 0 Å². The van der Waals surface area contributed by atoms with Gasteiger partial charge in [-0.15, -0.1) is 11.3 Å². The van der Waals surface area contributed by atoms with Gasteiger partial charge in [-0.3, -0.25) is 4.79 Å². The second-order valence-corrected chi connectivity index (χ2v) is 7.15. The summed E-state index contributed by atoms with van der Waals surface area (Å²) in [7, 11) is 3.02. The van der Waals surface area contributed by atoms with E-state index >= 15 is 0 Å². The van der Waals surface area contributed by atoms with Crippen LogP contribution in [0.25, 0.3) is 10.2 Å². The van der Waals surface area contributed by atoms with E-state index in [1.165, 1.54) is 14.2 Å². The molecule has 0 aliphatic heterocycles. The average Bonchev–Trinajstić information content (AvgIpc) is 3.00. The van der Waals surface area contributed by atoms with Crippen LogP contribution in [0.4, 0.5) is 11.4 Å². The van der Waals surface area contributed by atoms with Crippen molar-refractivity contribution in [3.63, 3.8) is 0 Å². The van der Waals surface area contributed by atoms with Crippen molar-refractivity contribution in [3.8, 4) is 11.5 Å². The van der Waals surface area contributed by atoms with Crippen LogP contribution in [0.2, 0.25) is 5.02 Å². The van der Waals surface area contributed by atoms with Gasteiger partial charge in [0.2, 0.25) is 5.91 Å². The molecule has 0 aliphatic carbocycles. The van der Waals surface area contributed by atoms with Crippen molar-refractivity contribution in [1.82, 2.24) is 4.98 Å². The van der Waals surface area contributed by atoms with Crippen LogP contribution in [0, 0.1) is 6.92 Å². The highest BCUT2D eigenvalue weighted by Crippen LogP contribution is 2.35. The molecule has 2 aromatic carbocycles. The minimum absolute atomic E-state index is 0.109. The zero-order chi connectivity index (χ0) is 18.7. The number of hydrogen-bond donors (Lipinski definition) is 2. The van der Waals surface area contributed by atoms with Gasteiger partial charge in [0.25, 0.3) is 0 Å². The summed E-state index contributed by atoms with van der Waals surface area (Å²) in [5.41, 5.74) is 2.31. The number of amides is 1. The minimum atomic E-state index is -0.215. The summed E-state index contributed by atoms with van der Waals surface area (Å²) in [6.07, 6.45) is 0. The van der Waals surface area contributed by atoms with Crippen LogP contribution < -0.4 is 20.1 Å². The van der Waals surface area contributed by atoms with Crippen molar-refractivity contribution in [3.05, 3.63) is 40.4 Å². The third-order valence-corrected chi connectivity index (χ3v) is 4.93. The molecule has 0 saturated carbocycles. The molecule has 1 aromatic heterocycles. The fraction of sp³-hybridized carbons (Fsp3) is 0.222. The number of aryl methyl sites for hydroxylation is 1. The number of halogens is 1. The molecular weight excluding hydrogens is 374 g/mol. The van der Waals surface area contributed by atoms with Crippen molar-refractivity contribution in [2.45, 2.75) is 6.92 Å². The second kappa shape index (κ2) is 7.80. The Kier molecular flexibility index (Phi) is 5.49. The summed E-state index contributed by atoms with van der Waals surface area (Å²) in [4.78, 5) is 16.7. The minimum Gasteiger partial charge on any atom is -0.495 e. The van der Waals surface area contributed by atoms with Gasteiger partial charge in [0.05, 0.1) is 46.7 Å². The molecule has 8 heteroatoms. The summed E-state index contributed by atoms with van der Waals surface area (Å²) in [6, 6.07) is 9.06. The summed E-state index contributed by atoms with van der Waals surface area (Å²) in [6.45, 7) is 2.08. The molecule has 0 aliphatic rings. The van der Waals surface area contributed by atoms with Gasteiger partial charge in [0, 0.05) is 17.8 Å². The fourth-order valence-electron chi connectivity index (χ4n) is 2.48. The zero-order valence-electron chi connectivity index (χ0n) is 14.6. The van der Waals surface area contributed by atoms with Gasteiger partial charge in [-0.25, -0.2) is 4.98 Å². The van der Waals surface area contributed by atoms with E-state index in [0.717, 1.165) is 20.9 Å². The predicted molar refractivity (Wildman–Crippen MR) is 106 cm³/mol. The zero-order valence-corrected chi connectivity index (χ0v) is 16.1. The number of benzene rings is 2. The SMILES string of the molecule is COc1cc(NC(=O)CNc2ccc3nc(C)sc3c2)c(OC)cc1Cl. The standard InChI is InChI=1S/C18H18ClN3O3S/c1-10-21-13-5-4-11(6-17(13)26-10)20-9-18(23)22-14-8-15(24-2)12(19)7-16(14)25-3/h4-8,20H,9H2,1-3H3,(H,22,23). The number of hydrogen-bond acceptors (Lipinski definition) is 6. The van der Waals surface area contributed by atoms with Crippen molar-refractivity contribution < 1.29 is 14.3 Å². The summed E-state index contributed by atoms with van der Waals surface area (Å²) in [5.74, 6) is 0.709. The fourth-order valence-corrected chi connectivity index (χ4v) is 3.58. The van der Waals surface area contributed by atoms with Crippen molar-refractivity contribution in [2.24, 2.45) is 0 Å². The lowest BCUT2D eigenvalue weighted by atomic mass is 10.2. The number of anilines is 2. The first-order chi connectivity index (χ1) is 12.5. The quantitative estimate of drug-likeness (QED) is 0.654. The lowest BCUT2D eigenvalue weighted by molar-refractivity contribution is -0.114. The van der Waals surface area contributed by atoms with Gasteiger partial charge in [-0.05, 0) is 25.1 Å². The second-order valence-electron chi connectivity index (χ2n) is 5.50. The number of rotatable bonds is 6. The van der Waals surface area contributed by atoms with E-state index in [9.17, 15) is 4.79 Å². The van der Waals surface area contributed by atoms with Crippen LogP contribution in [0.15, 0.2) is 30.3 Å². The number of methoxy groups -OCH3 is 2. The lowest BCUT2D eigenvalue weighted by Gasteiger charge is -2.13. The van der Waals surface area contributed by atoms with Crippen molar-refractivity contribution in [1.29, 1.82) is 0 Å². The highest BCUT2D eigenvalue weighted by atomic mass is 35.5. The molecule has 0 fully saturated rings. The summed E-state index contributed by atoms with van der Waals surface area (Å²) in [5, 5.41) is 7.34. The molecule has 0 bridgehead atoms. The molecule has 0 spiro atoms. The average molecular weight is 392 g/mol. The maximum absolute atomic E-state index is 12.3. The van der Waals surface area contributed by atoms with E-state index in [1.54, 1.807) is 23.5 Å². The number of carbonyl (C=O) groups excluding carboxylic acids is 1. The van der Waals surface area contributed by atoms with Crippen LogP contribution in [0.5, 0.6) is 11.5 Å². The number of thiazole rings is 1. The van der Waals surface area contributed by atoms with Gasteiger partial charge in [0.1, 0.15) is 11.5 Å². The molecule has 3 rings (SSSR count). The molecule has 3 aromatic rings. The Labute approximate surface area is 160 Å². The number of carbonyl (C=O) groups is 1. The lowest BCUT2D eigenvalue weighted by Crippen LogP contribution is -2.22. The molecule has 26 heavy (non-hydrogen) atoms. The third-order valence-electron chi connectivity index (χ3n) is 3.70. The van der Waals surface area contributed by atoms with E-state index in [2.05, 4.69) is 15.6 Å². The largest absolute Gasteiger partial charge is 0.495 e. The smallest absolute Gasteiger partial charge is 0.243 e. The van der Waals surface area contributed by atoms with E-state index in [4.69, 9.17) is 21.1 Å². The molecule has 1 amide bonds. The van der Waals surface area contributed by atoms with Gasteiger partial charge in [0.15, 0.2) is 0 Å². The van der Waals surface area contributed by atoms with Gasteiger partial charge >= 0.3 is 0 Å². The Morgan fingerprint density at radius 2 is 1.96 bits per heavy atom. The number of nitrogens with zero attached hydrogens (tertiary/aromatic N) is 1. The number of nitrogens with one attached hydrogen (secondary N) is 2. The molecule has 0 radical (unpaired) electrons. The Morgan fingerprint density at radius 3 is 2.69 bits per heavy atom. The van der Waals surface area contributed by atoms with Crippen LogP contribution in [0.3, 0.4) is 0 Å². The number of ether oxygens (including phenoxy) is 2. The number of aromatic nitrogens is 1. The normalized spacial score (nSPS) is 10.6. The summed E-state index contributed by atoms with van der Waals surface area (Å²) < 4.78 is 11.5. The van der Waals surface area contributed by atoms with Crippen LogP contribution >= 0.6 is 22.9 Å². The Hall–Kier alpha value is -2.51. The maximum Gasteiger partial charge on any atom is 0.243 e. The Balaban J connectivity index is 1.68. The molecular formula is C18H18ClN3O3S. The molecule has 0 atom stereocenters. The van der Waals surface area contributed by atoms with Crippen molar-refractivity contribution >= 4 is 50.4 Å². The first-order valence-electron chi connectivity index (χ1n) is 7.82. The molecule has 1 heterocycles. The summed E-state index contributed by atoms with van der Waals surface area (Å²) >= 11 is 7.69. The van der Waals surface area contributed by atoms with Crippen LogP contribution in [0.1, 0.15) is 5.01 Å². The first kappa shape index (κ1) is 18.3. The topological polar surface area (TPSA) is 72.5 Å². The third kappa shape index (κ3) is 4.00. The van der Waals surface area contributed by atoms with Crippen molar-refractivity contribution in [2.75, 3.05) is 31.4 Å². The molecule has 6 nitrogen and oxygen atoms in total. The Morgan fingerprint density at radius 1 is 1.19 bits per heavy atom. The number of fused-ring (bicyclic) bond motifs is 1.